The van der Waals surface area contributed by atoms with E-state index in [1.807, 2.05) is 0 Å². The first-order valence-corrected chi connectivity index (χ1v) is 39.3. The first kappa shape index (κ1) is 42.4. The first-order chi connectivity index (χ1) is 28.1. The van der Waals surface area contributed by atoms with Crippen LogP contribution in [0.15, 0.2) is 146 Å². The van der Waals surface area contributed by atoms with Crippen LogP contribution in [0.1, 0.15) is 65.6 Å². The van der Waals surface area contributed by atoms with Crippen LogP contribution in [0.2, 0.25) is 39.3 Å². The van der Waals surface area contributed by atoms with Crippen LogP contribution in [0, 0.1) is 0 Å². The van der Waals surface area contributed by atoms with Crippen molar-refractivity contribution >= 4 is 61.7 Å². The van der Waals surface area contributed by atoms with Gasteiger partial charge in [0.1, 0.15) is 0 Å². The molecule has 0 N–H and O–H groups in total. The molecular weight excluding hydrogens is 868 g/mol. The average molecular weight is 925 g/mol. The summed E-state index contributed by atoms with van der Waals surface area (Å²) in [6.07, 6.45) is 6.89. The Morgan fingerprint density at radius 2 is 0.831 bits per heavy atom. The predicted octanol–water partition coefficient (Wildman–Crippen LogP) is 15.3. The third kappa shape index (κ3) is 7.68. The standard InChI is InChI=1S/2C23H19.C6H19BNSi2.2ClH.Zr/c2*1-2-17-9-6-7-13-21(17)22-14-8-12-19-15-20(16-23(19)22)18-10-4-3-5-11-18;1-9(2,3)8(7)10(4,5)6;;;/h2*3-16H,2H2,1H3;7H,1-6H3;2*1H;/q;;+1;;;+1/p-2. The van der Waals surface area contributed by atoms with Crippen LogP contribution in [-0.4, -0.2) is 25.6 Å². The Balaban J connectivity index is 1.49. The molecular formula is C52H57BCl2NSi2Zr. The molecule has 6 aromatic carbocycles. The fourth-order valence-corrected chi connectivity index (χ4v) is 51.9. The molecule has 1 nitrogen and oxygen atoms in total. The van der Waals surface area contributed by atoms with E-state index in [0.717, 1.165) is 17.8 Å². The van der Waals surface area contributed by atoms with Crippen molar-refractivity contribution in [2.24, 2.45) is 0 Å². The van der Waals surface area contributed by atoms with Gasteiger partial charge in [-0.25, -0.2) is 0 Å². The molecule has 0 heterocycles. The summed E-state index contributed by atoms with van der Waals surface area (Å²) in [5.41, 5.74) is 17.8. The molecule has 0 saturated heterocycles. The summed E-state index contributed by atoms with van der Waals surface area (Å²) in [7, 11) is 14.8. The van der Waals surface area contributed by atoms with Crippen molar-refractivity contribution in [2.75, 3.05) is 0 Å². The third-order valence-corrected chi connectivity index (χ3v) is 39.8. The number of fused-ring (bicyclic) bond motifs is 2. The quantitative estimate of drug-likeness (QED) is 0.111. The third-order valence-electron chi connectivity index (χ3n) is 13.0. The monoisotopic (exact) mass is 922 g/mol. The van der Waals surface area contributed by atoms with Gasteiger partial charge in [-0.05, 0) is 0 Å². The van der Waals surface area contributed by atoms with Crippen molar-refractivity contribution in [1.82, 2.24) is 4.14 Å². The zero-order valence-electron chi connectivity index (χ0n) is 36.0. The van der Waals surface area contributed by atoms with Crippen LogP contribution < -0.4 is 0 Å². The van der Waals surface area contributed by atoms with Gasteiger partial charge in [-0.1, -0.05) is 0 Å². The fraction of sp³-hybridized carbons (Fsp3) is 0.231. The molecule has 0 spiro atoms. The normalized spacial score (nSPS) is 17.2. The van der Waals surface area contributed by atoms with Gasteiger partial charge >= 0.3 is 368 Å². The van der Waals surface area contributed by atoms with Gasteiger partial charge in [0, 0.05) is 0 Å². The van der Waals surface area contributed by atoms with Crippen molar-refractivity contribution in [3.63, 3.8) is 0 Å². The molecule has 59 heavy (non-hydrogen) atoms. The second-order valence-corrected chi connectivity index (χ2v) is 50.9. The number of nitrogens with zero attached hydrogens (tertiary/aromatic N) is 1. The predicted molar refractivity (Wildman–Crippen MR) is 264 cm³/mol. The zero-order chi connectivity index (χ0) is 41.8. The maximum atomic E-state index is 9.37. The van der Waals surface area contributed by atoms with Gasteiger partial charge in [-0.15, -0.1) is 0 Å². The van der Waals surface area contributed by atoms with Crippen molar-refractivity contribution in [2.45, 2.75) is 73.2 Å². The summed E-state index contributed by atoms with van der Waals surface area (Å²) in [5.74, 6) is 0. The van der Waals surface area contributed by atoms with E-state index < -0.39 is 32.6 Å². The molecule has 0 aromatic heterocycles. The van der Waals surface area contributed by atoms with Gasteiger partial charge in [-0.2, -0.15) is 0 Å². The topological polar surface area (TPSA) is 3.24 Å². The van der Waals surface area contributed by atoms with Crippen LogP contribution in [-0.2, 0) is 29.0 Å². The minimum atomic E-state index is -5.62. The van der Waals surface area contributed by atoms with E-state index in [1.54, 1.807) is 0 Å². The maximum absolute atomic E-state index is 9.37. The Morgan fingerprint density at radius 3 is 1.20 bits per heavy atom. The molecule has 2 unspecified atom stereocenters. The second kappa shape index (κ2) is 16.2. The summed E-state index contributed by atoms with van der Waals surface area (Å²) in [6, 6.07) is 53.7. The van der Waals surface area contributed by atoms with E-state index in [9.17, 15) is 17.0 Å². The summed E-state index contributed by atoms with van der Waals surface area (Å²) < 4.78 is 2.57. The summed E-state index contributed by atoms with van der Waals surface area (Å²) in [4.78, 5) is 0.726. The van der Waals surface area contributed by atoms with Gasteiger partial charge < -0.3 is 0 Å². The van der Waals surface area contributed by atoms with Gasteiger partial charge in [0.15, 0.2) is 0 Å². The first-order valence-electron chi connectivity index (χ1n) is 21.5. The van der Waals surface area contributed by atoms with Crippen LogP contribution in [0.5, 0.6) is 0 Å². The number of halogens is 2. The Kier molecular flexibility index (Phi) is 11.6. The molecule has 0 saturated carbocycles. The Bertz CT molecular complexity index is 2420. The summed E-state index contributed by atoms with van der Waals surface area (Å²) >= 11 is -5.62. The Labute approximate surface area is 364 Å². The van der Waals surface area contributed by atoms with Gasteiger partial charge in [0.05, 0.1) is 0 Å². The molecule has 2 aliphatic carbocycles. The Hall–Kier alpha value is -3.28. The zero-order valence-corrected chi connectivity index (χ0v) is 42.0. The van der Waals surface area contributed by atoms with Gasteiger partial charge in [0.2, 0.25) is 0 Å². The molecule has 0 radical (unpaired) electrons. The molecule has 0 fully saturated rings. The van der Waals surface area contributed by atoms with Crippen LogP contribution in [0.3, 0.4) is 0 Å². The molecule has 7 heteroatoms. The van der Waals surface area contributed by atoms with E-state index in [1.165, 1.54) is 77.9 Å². The number of allylic oxidation sites excluding steroid dienone is 2. The van der Waals surface area contributed by atoms with Crippen LogP contribution in [0.4, 0.5) is 0 Å². The number of hydrogen-bond donors (Lipinski definition) is 0. The molecule has 2 aliphatic rings. The molecule has 0 amide bonds. The van der Waals surface area contributed by atoms with Crippen molar-refractivity contribution < 1.29 is 16.2 Å². The van der Waals surface area contributed by atoms with E-state index in [4.69, 9.17) is 0 Å². The fourth-order valence-electron chi connectivity index (χ4n) is 10.6. The number of benzene rings is 6. The van der Waals surface area contributed by atoms with Crippen molar-refractivity contribution in [1.29, 1.82) is 0 Å². The average Bonchev–Trinajstić information content (AvgIpc) is 3.84. The molecule has 0 bridgehead atoms. The van der Waals surface area contributed by atoms with Crippen LogP contribution >= 0.6 is 17.0 Å². The van der Waals surface area contributed by atoms with E-state index in [-0.39, 0.29) is 7.25 Å². The van der Waals surface area contributed by atoms with Crippen molar-refractivity contribution in [3.8, 4) is 22.3 Å². The number of aryl methyl sites for hydroxylation is 2. The van der Waals surface area contributed by atoms with Crippen molar-refractivity contribution in [3.05, 3.63) is 190 Å². The molecule has 0 aliphatic heterocycles. The van der Waals surface area contributed by atoms with E-state index in [0.29, 0.717) is 0 Å². The SMILES string of the molecule is CCc1ccccc1-c1cccc2c1C=C(c1ccccc1)[CH]2[Zr]([Cl])([Cl])([BH]N([Si](C)(C)C)[Si](C)(C)C)[CH]1C(c2ccccc2)=Cc2c(-c3ccccc3CC)cccc21. The molecule has 299 valence electrons. The number of rotatable bonds is 12. The molecule has 2 atom stereocenters. The van der Waals surface area contributed by atoms with Gasteiger partial charge in [-0.3, -0.25) is 0 Å². The second-order valence-electron chi connectivity index (χ2n) is 18.7. The molecule has 6 aromatic rings. The number of hydrogen-bond acceptors (Lipinski definition) is 1. The summed E-state index contributed by atoms with van der Waals surface area (Å²) in [6.45, 7) is 19.5. The minimum absolute atomic E-state index is 0.171. The van der Waals surface area contributed by atoms with E-state index in [2.05, 4.69) is 215 Å². The molecule has 8 rings (SSSR count). The van der Waals surface area contributed by atoms with E-state index >= 15 is 0 Å². The van der Waals surface area contributed by atoms with Crippen LogP contribution in [0.25, 0.3) is 45.6 Å². The van der Waals surface area contributed by atoms with Gasteiger partial charge in [0.25, 0.3) is 0 Å². The Morgan fingerprint density at radius 1 is 0.475 bits per heavy atom. The summed E-state index contributed by atoms with van der Waals surface area (Å²) in [5, 5.41) is 0.